The van der Waals surface area contributed by atoms with Crippen molar-refractivity contribution < 1.29 is 4.79 Å². The van der Waals surface area contributed by atoms with Crippen LogP contribution in [0.3, 0.4) is 0 Å². The van der Waals surface area contributed by atoms with Crippen LogP contribution in [-0.2, 0) is 6.54 Å². The highest BCUT2D eigenvalue weighted by Crippen LogP contribution is 2.10. The molecule has 0 aliphatic heterocycles. The maximum Gasteiger partial charge on any atom is 0.270 e. The van der Waals surface area contributed by atoms with E-state index in [0.717, 1.165) is 0 Å². The van der Waals surface area contributed by atoms with Gasteiger partial charge in [-0.3, -0.25) is 4.79 Å². The van der Waals surface area contributed by atoms with E-state index in [4.69, 9.17) is 0 Å². The van der Waals surface area contributed by atoms with Gasteiger partial charge in [0.15, 0.2) is 0 Å². The van der Waals surface area contributed by atoms with Crippen molar-refractivity contribution in [3.63, 3.8) is 0 Å². The van der Waals surface area contributed by atoms with Crippen LogP contribution in [0.5, 0.6) is 0 Å². The van der Waals surface area contributed by atoms with Crippen LogP contribution in [0, 0.1) is 19.8 Å². The molecule has 0 saturated carbocycles. The molecule has 2 rings (SSSR count). The third-order valence-electron chi connectivity index (χ3n) is 3.30. The van der Waals surface area contributed by atoms with E-state index in [1.807, 2.05) is 6.07 Å². The van der Waals surface area contributed by atoms with Gasteiger partial charge in [0.1, 0.15) is 17.3 Å². The van der Waals surface area contributed by atoms with Gasteiger partial charge < -0.3 is 10.6 Å². The van der Waals surface area contributed by atoms with E-state index in [0.29, 0.717) is 36.3 Å². The van der Waals surface area contributed by atoms with E-state index in [1.165, 1.54) is 11.1 Å². The Morgan fingerprint density at radius 3 is 2.65 bits per heavy atom. The van der Waals surface area contributed by atoms with Crippen molar-refractivity contribution in [2.75, 3.05) is 11.9 Å². The number of nitrogens with zero attached hydrogens (tertiary/aromatic N) is 2. The molecule has 0 spiro atoms. The van der Waals surface area contributed by atoms with Gasteiger partial charge in [-0.2, -0.15) is 0 Å². The largest absolute Gasteiger partial charge is 0.366 e. The third kappa shape index (κ3) is 5.36. The van der Waals surface area contributed by atoms with Gasteiger partial charge in [0.25, 0.3) is 5.91 Å². The minimum atomic E-state index is -0.164. The molecule has 5 heteroatoms. The maximum absolute atomic E-state index is 12.1. The molecule has 0 atom stereocenters. The molecule has 0 unspecified atom stereocenters. The number of anilines is 1. The van der Waals surface area contributed by atoms with Crippen molar-refractivity contribution >= 4 is 11.7 Å². The van der Waals surface area contributed by atoms with E-state index in [2.05, 4.69) is 59.6 Å². The zero-order chi connectivity index (χ0) is 16.8. The molecule has 0 radical (unpaired) electrons. The second kappa shape index (κ2) is 7.72. The van der Waals surface area contributed by atoms with E-state index in [9.17, 15) is 4.79 Å². The number of rotatable bonds is 6. The molecule has 1 aromatic heterocycles. The summed E-state index contributed by atoms with van der Waals surface area (Å²) in [5, 5.41) is 6.14. The summed E-state index contributed by atoms with van der Waals surface area (Å²) in [4.78, 5) is 20.7. The summed E-state index contributed by atoms with van der Waals surface area (Å²) in [6, 6.07) is 9.97. The first kappa shape index (κ1) is 16.9. The molecule has 0 fully saturated rings. The smallest absolute Gasteiger partial charge is 0.270 e. The number of carbonyl (C=O) groups excluding carboxylic acids is 1. The normalized spacial score (nSPS) is 10.7. The molecule has 2 aromatic rings. The Kier molecular flexibility index (Phi) is 5.68. The average Bonchev–Trinajstić information content (AvgIpc) is 2.50. The average molecular weight is 312 g/mol. The van der Waals surface area contributed by atoms with E-state index < -0.39 is 0 Å². The number of hydrogen-bond acceptors (Lipinski definition) is 4. The summed E-state index contributed by atoms with van der Waals surface area (Å²) in [5.74, 6) is 1.48. The summed E-state index contributed by atoms with van der Waals surface area (Å²) < 4.78 is 0. The summed E-state index contributed by atoms with van der Waals surface area (Å²) in [5.41, 5.74) is 2.79. The summed E-state index contributed by atoms with van der Waals surface area (Å²) in [6.45, 7) is 9.26. The molecule has 0 aliphatic carbocycles. The first-order chi connectivity index (χ1) is 10.9. The minimum Gasteiger partial charge on any atom is -0.366 e. The highest BCUT2D eigenvalue weighted by Gasteiger charge is 2.10. The zero-order valence-corrected chi connectivity index (χ0v) is 14.2. The molecular formula is C18H24N4O. The number of benzene rings is 1. The van der Waals surface area contributed by atoms with Crippen LogP contribution >= 0.6 is 0 Å². The van der Waals surface area contributed by atoms with Crippen LogP contribution in [0.2, 0.25) is 0 Å². The number of aromatic nitrogens is 2. The minimum absolute atomic E-state index is 0.164. The lowest BCUT2D eigenvalue weighted by Crippen LogP contribution is -2.28. The van der Waals surface area contributed by atoms with Crippen LogP contribution in [0.25, 0.3) is 0 Å². The van der Waals surface area contributed by atoms with Crippen LogP contribution in [0.1, 0.15) is 41.3 Å². The van der Waals surface area contributed by atoms with E-state index >= 15 is 0 Å². The molecule has 122 valence electrons. The molecule has 5 nitrogen and oxygen atoms in total. The zero-order valence-electron chi connectivity index (χ0n) is 14.2. The summed E-state index contributed by atoms with van der Waals surface area (Å²) in [7, 11) is 0. The number of hydrogen-bond donors (Lipinski definition) is 2. The Morgan fingerprint density at radius 2 is 1.96 bits per heavy atom. The highest BCUT2D eigenvalue weighted by molar-refractivity contribution is 5.92. The number of carbonyl (C=O) groups is 1. The molecule has 0 bridgehead atoms. The Bertz CT molecular complexity index is 682. The lowest BCUT2D eigenvalue weighted by atomic mass is 10.1. The second-order valence-corrected chi connectivity index (χ2v) is 6.13. The van der Waals surface area contributed by atoms with E-state index in [-0.39, 0.29) is 5.91 Å². The Labute approximate surface area is 137 Å². The number of aryl methyl sites for hydroxylation is 2. The Balaban J connectivity index is 2.06. The first-order valence-corrected chi connectivity index (χ1v) is 7.87. The van der Waals surface area contributed by atoms with Gasteiger partial charge >= 0.3 is 0 Å². The van der Waals surface area contributed by atoms with Gasteiger partial charge in [0.05, 0.1) is 0 Å². The van der Waals surface area contributed by atoms with Gasteiger partial charge in [0.2, 0.25) is 0 Å². The summed E-state index contributed by atoms with van der Waals surface area (Å²) >= 11 is 0. The topological polar surface area (TPSA) is 66.9 Å². The molecule has 0 aliphatic rings. The van der Waals surface area contributed by atoms with Crippen molar-refractivity contribution in [2.45, 2.75) is 34.2 Å². The fraction of sp³-hybridized carbons (Fsp3) is 0.389. The third-order valence-corrected chi connectivity index (χ3v) is 3.30. The molecule has 1 amide bonds. The summed E-state index contributed by atoms with van der Waals surface area (Å²) in [6.07, 6.45) is 0. The molecule has 23 heavy (non-hydrogen) atoms. The van der Waals surface area contributed by atoms with E-state index in [1.54, 1.807) is 13.0 Å². The van der Waals surface area contributed by atoms with Crippen LogP contribution in [0.15, 0.2) is 30.3 Å². The van der Waals surface area contributed by atoms with Crippen molar-refractivity contribution in [2.24, 2.45) is 5.92 Å². The lowest BCUT2D eigenvalue weighted by Gasteiger charge is -2.10. The number of nitrogens with one attached hydrogen (secondary N) is 2. The molecular weight excluding hydrogens is 288 g/mol. The molecule has 2 N–H and O–H groups in total. The molecule has 1 aromatic carbocycles. The van der Waals surface area contributed by atoms with Crippen molar-refractivity contribution in [1.82, 2.24) is 15.3 Å². The van der Waals surface area contributed by atoms with Gasteiger partial charge in [-0.25, -0.2) is 9.97 Å². The van der Waals surface area contributed by atoms with Gasteiger partial charge in [-0.05, 0) is 25.3 Å². The van der Waals surface area contributed by atoms with Crippen molar-refractivity contribution in [1.29, 1.82) is 0 Å². The van der Waals surface area contributed by atoms with Gasteiger partial charge in [-0.1, -0.05) is 43.7 Å². The van der Waals surface area contributed by atoms with Crippen molar-refractivity contribution in [3.8, 4) is 0 Å². The van der Waals surface area contributed by atoms with Crippen molar-refractivity contribution in [3.05, 3.63) is 53.0 Å². The quantitative estimate of drug-likeness (QED) is 0.860. The van der Waals surface area contributed by atoms with Crippen LogP contribution in [-0.4, -0.2) is 22.4 Å². The molecule has 0 saturated heterocycles. The monoisotopic (exact) mass is 312 g/mol. The maximum atomic E-state index is 12.1. The Morgan fingerprint density at radius 1 is 1.17 bits per heavy atom. The fourth-order valence-corrected chi connectivity index (χ4v) is 2.18. The predicted molar refractivity (Wildman–Crippen MR) is 92.4 cm³/mol. The van der Waals surface area contributed by atoms with Crippen LogP contribution < -0.4 is 10.6 Å². The van der Waals surface area contributed by atoms with Crippen LogP contribution in [0.4, 0.5) is 5.82 Å². The standard InChI is InChI=1S/C18H24N4O/c1-12(2)10-20-18(23)16-9-17(22-14(4)21-16)19-11-15-7-5-6-13(3)8-15/h5-9,12H,10-11H2,1-4H3,(H,20,23)(H,19,21,22). The van der Waals surface area contributed by atoms with Gasteiger partial charge in [0, 0.05) is 19.2 Å². The SMILES string of the molecule is Cc1cccc(CNc2cc(C(=O)NCC(C)C)nc(C)n2)c1. The molecule has 1 heterocycles. The van der Waals surface area contributed by atoms with Gasteiger partial charge in [-0.15, -0.1) is 0 Å². The predicted octanol–water partition coefficient (Wildman–Crippen LogP) is 3.09. The lowest BCUT2D eigenvalue weighted by molar-refractivity contribution is 0.0943. The highest BCUT2D eigenvalue weighted by atomic mass is 16.1. The fourth-order valence-electron chi connectivity index (χ4n) is 2.18. The number of amides is 1. The second-order valence-electron chi connectivity index (χ2n) is 6.13. The Hall–Kier alpha value is -2.43. The first-order valence-electron chi connectivity index (χ1n) is 7.87.